The van der Waals surface area contributed by atoms with E-state index in [4.69, 9.17) is 5.11 Å². The number of cyclic esters (lactones) is 1. The van der Waals surface area contributed by atoms with Gasteiger partial charge in [0.15, 0.2) is 0 Å². The lowest BCUT2D eigenvalue weighted by molar-refractivity contribution is -0.142. The van der Waals surface area contributed by atoms with E-state index >= 15 is 0 Å². The number of hydrogen-bond donors (Lipinski definition) is 2. The highest BCUT2D eigenvalue weighted by Gasteiger charge is 2.31. The number of rotatable bonds is 1. The molecule has 1 rings (SSSR count). The van der Waals surface area contributed by atoms with Gasteiger partial charge < -0.3 is 9.84 Å². The molecule has 4 heteroatoms. The lowest BCUT2D eigenvalue weighted by Crippen LogP contribution is -2.20. The van der Waals surface area contributed by atoms with Gasteiger partial charge in [-0.05, 0) is 0 Å². The summed E-state index contributed by atoms with van der Waals surface area (Å²) in [5.74, 6) is -0.269. The van der Waals surface area contributed by atoms with E-state index in [2.05, 4.69) is 17.4 Å². The zero-order chi connectivity index (χ0) is 6.85. The van der Waals surface area contributed by atoms with Crippen LogP contribution in [0.1, 0.15) is 6.42 Å². The fourth-order valence-electron chi connectivity index (χ4n) is 0.757. The van der Waals surface area contributed by atoms with Crippen LogP contribution in [0.4, 0.5) is 0 Å². The van der Waals surface area contributed by atoms with Gasteiger partial charge in [0.2, 0.25) is 0 Å². The second kappa shape index (κ2) is 2.58. The average molecular weight is 148 g/mol. The molecule has 0 unspecified atom stereocenters. The third-order valence-corrected chi connectivity index (χ3v) is 1.78. The first kappa shape index (κ1) is 6.89. The highest BCUT2D eigenvalue weighted by molar-refractivity contribution is 7.81. The molecule has 1 saturated heterocycles. The van der Waals surface area contributed by atoms with E-state index < -0.39 is 0 Å². The summed E-state index contributed by atoms with van der Waals surface area (Å²) in [4.78, 5) is 10.4. The molecular formula is C5H8O3S. The topological polar surface area (TPSA) is 46.5 Å². The molecule has 52 valence electrons. The van der Waals surface area contributed by atoms with Crippen LogP contribution in [0.25, 0.3) is 0 Å². The molecule has 1 fully saturated rings. The van der Waals surface area contributed by atoms with Gasteiger partial charge >= 0.3 is 5.97 Å². The molecule has 1 N–H and O–H groups in total. The Kier molecular flexibility index (Phi) is 1.97. The smallest absolute Gasteiger partial charge is 0.307 e. The zero-order valence-corrected chi connectivity index (χ0v) is 5.67. The molecule has 0 aliphatic carbocycles. The Morgan fingerprint density at radius 1 is 1.89 bits per heavy atom. The van der Waals surface area contributed by atoms with Gasteiger partial charge in [0, 0.05) is 0 Å². The molecule has 0 aromatic heterocycles. The number of carbonyl (C=O) groups excluding carboxylic acids is 1. The predicted molar refractivity (Wildman–Crippen MR) is 34.4 cm³/mol. The molecule has 0 radical (unpaired) electrons. The van der Waals surface area contributed by atoms with E-state index in [1.165, 1.54) is 0 Å². The van der Waals surface area contributed by atoms with E-state index in [1.807, 2.05) is 0 Å². The van der Waals surface area contributed by atoms with Gasteiger partial charge in [0.05, 0.1) is 18.3 Å². The van der Waals surface area contributed by atoms with Crippen LogP contribution < -0.4 is 0 Å². The molecule has 2 atom stereocenters. The van der Waals surface area contributed by atoms with Crippen LogP contribution in [0.15, 0.2) is 0 Å². The summed E-state index contributed by atoms with van der Waals surface area (Å²) in [6.45, 7) is -0.125. The first-order valence-corrected chi connectivity index (χ1v) is 3.24. The van der Waals surface area contributed by atoms with Crippen molar-refractivity contribution in [3.63, 3.8) is 0 Å². The Morgan fingerprint density at radius 2 is 2.56 bits per heavy atom. The van der Waals surface area contributed by atoms with Gasteiger partial charge in [-0.3, -0.25) is 4.79 Å². The Labute approximate surface area is 58.4 Å². The van der Waals surface area contributed by atoms with Crippen molar-refractivity contribution in [2.45, 2.75) is 17.8 Å². The SMILES string of the molecule is O=C1C[C@H](S)[C@@H](CO)O1. The Balaban J connectivity index is 2.47. The molecule has 1 aliphatic heterocycles. The summed E-state index contributed by atoms with van der Waals surface area (Å²) in [7, 11) is 0. The van der Waals surface area contributed by atoms with Crippen LogP contribution in [0.3, 0.4) is 0 Å². The van der Waals surface area contributed by atoms with Crippen molar-refractivity contribution < 1.29 is 14.6 Å². The minimum atomic E-state index is -0.388. The van der Waals surface area contributed by atoms with Crippen molar-refractivity contribution in [3.8, 4) is 0 Å². The molecule has 0 bridgehead atoms. The van der Waals surface area contributed by atoms with Crippen molar-refractivity contribution in [3.05, 3.63) is 0 Å². The molecule has 0 aromatic rings. The molecule has 3 nitrogen and oxygen atoms in total. The number of carbonyl (C=O) groups is 1. The van der Waals surface area contributed by atoms with Gasteiger partial charge in [-0.15, -0.1) is 0 Å². The summed E-state index contributed by atoms with van der Waals surface area (Å²) >= 11 is 4.02. The number of esters is 1. The molecule has 1 heterocycles. The molecular weight excluding hydrogens is 140 g/mol. The predicted octanol–water partition coefficient (Wildman–Crippen LogP) is -0.407. The van der Waals surface area contributed by atoms with Gasteiger partial charge in [0.25, 0.3) is 0 Å². The summed E-state index contributed by atoms with van der Waals surface area (Å²) in [5, 5.41) is 8.41. The normalized spacial score (nSPS) is 34.7. The maximum absolute atomic E-state index is 10.4. The molecule has 0 amide bonds. The van der Waals surface area contributed by atoms with E-state index in [1.54, 1.807) is 0 Å². The maximum Gasteiger partial charge on any atom is 0.307 e. The highest BCUT2D eigenvalue weighted by atomic mass is 32.1. The second-order valence-electron chi connectivity index (χ2n) is 1.98. The van der Waals surface area contributed by atoms with Gasteiger partial charge in [-0.25, -0.2) is 0 Å². The lowest BCUT2D eigenvalue weighted by atomic mass is 10.2. The van der Waals surface area contributed by atoms with Crippen molar-refractivity contribution in [1.29, 1.82) is 0 Å². The second-order valence-corrected chi connectivity index (χ2v) is 2.65. The number of hydrogen-bond acceptors (Lipinski definition) is 4. The Bertz CT molecular complexity index is 125. The van der Waals surface area contributed by atoms with Crippen LogP contribution in [0, 0.1) is 0 Å². The number of thiol groups is 1. The van der Waals surface area contributed by atoms with Crippen LogP contribution in [0.2, 0.25) is 0 Å². The van der Waals surface area contributed by atoms with Crippen LogP contribution in [-0.2, 0) is 9.53 Å². The fourth-order valence-corrected chi connectivity index (χ4v) is 1.06. The van der Waals surface area contributed by atoms with E-state index in [0.717, 1.165) is 0 Å². The van der Waals surface area contributed by atoms with Crippen LogP contribution >= 0.6 is 12.6 Å². The van der Waals surface area contributed by atoms with Crippen molar-refractivity contribution in [2.24, 2.45) is 0 Å². The molecule has 0 aromatic carbocycles. The molecule has 0 spiro atoms. The number of aliphatic hydroxyl groups excluding tert-OH is 1. The van der Waals surface area contributed by atoms with E-state index in [0.29, 0.717) is 6.42 Å². The van der Waals surface area contributed by atoms with Gasteiger partial charge in [-0.2, -0.15) is 12.6 Å². The van der Waals surface area contributed by atoms with Crippen molar-refractivity contribution in [1.82, 2.24) is 0 Å². The monoisotopic (exact) mass is 148 g/mol. The first-order chi connectivity index (χ1) is 4.24. The summed E-state index contributed by atoms with van der Waals surface area (Å²) in [5.41, 5.74) is 0. The van der Waals surface area contributed by atoms with E-state index in [9.17, 15) is 4.79 Å². The first-order valence-electron chi connectivity index (χ1n) is 2.72. The van der Waals surface area contributed by atoms with Crippen LogP contribution in [0.5, 0.6) is 0 Å². The summed E-state index contributed by atoms with van der Waals surface area (Å²) < 4.78 is 4.66. The number of ether oxygens (including phenoxy) is 1. The standard InChI is InChI=1S/C5H8O3S/c6-2-3-4(9)1-5(7)8-3/h3-4,6,9H,1-2H2/t3-,4+/m1/s1. The van der Waals surface area contributed by atoms with Crippen LogP contribution in [-0.4, -0.2) is 29.0 Å². The summed E-state index contributed by atoms with van der Waals surface area (Å²) in [6.07, 6.45) is -0.0743. The van der Waals surface area contributed by atoms with Gasteiger partial charge in [0.1, 0.15) is 6.10 Å². The van der Waals surface area contributed by atoms with Crippen molar-refractivity contribution >= 4 is 18.6 Å². The summed E-state index contributed by atoms with van der Waals surface area (Å²) in [6, 6.07) is 0. The minimum absolute atomic E-state index is 0.123. The number of aliphatic hydroxyl groups is 1. The third kappa shape index (κ3) is 1.37. The van der Waals surface area contributed by atoms with Crippen molar-refractivity contribution in [2.75, 3.05) is 6.61 Å². The molecule has 9 heavy (non-hydrogen) atoms. The maximum atomic E-state index is 10.4. The quantitative estimate of drug-likeness (QED) is 0.392. The fraction of sp³-hybridized carbons (Fsp3) is 0.800. The largest absolute Gasteiger partial charge is 0.459 e. The molecule has 0 saturated carbocycles. The molecule has 1 aliphatic rings. The Hall–Kier alpha value is -0.220. The van der Waals surface area contributed by atoms with Gasteiger partial charge in [-0.1, -0.05) is 0 Å². The average Bonchev–Trinajstić information content (AvgIpc) is 2.10. The third-order valence-electron chi connectivity index (χ3n) is 1.27. The van der Waals surface area contributed by atoms with E-state index in [-0.39, 0.29) is 23.9 Å². The Morgan fingerprint density at radius 3 is 2.78 bits per heavy atom. The minimum Gasteiger partial charge on any atom is -0.459 e. The zero-order valence-electron chi connectivity index (χ0n) is 4.78. The highest BCUT2D eigenvalue weighted by Crippen LogP contribution is 2.19. The lowest BCUT2D eigenvalue weighted by Gasteiger charge is -2.07.